The molecule has 0 bridgehead atoms. The van der Waals surface area contributed by atoms with Gasteiger partial charge in [0.2, 0.25) is 100 Å². The van der Waals surface area contributed by atoms with Crippen molar-refractivity contribution >= 4 is 100 Å². The second-order valence-electron chi connectivity index (χ2n) is 35.2. The van der Waals surface area contributed by atoms with Crippen LogP contribution in [0.1, 0.15) is 194 Å². The number of primary amides is 1. The molecular weight excluding hydrogens is 1530 g/mol. The third kappa shape index (κ3) is 26.9. The Hall–Kier alpha value is -10.7. The molecule has 118 heavy (non-hydrogen) atoms. The van der Waals surface area contributed by atoms with Gasteiger partial charge in [-0.3, -0.25) is 81.5 Å². The van der Waals surface area contributed by atoms with E-state index in [-0.39, 0.29) is 57.7 Å². The fourth-order valence-corrected chi connectivity index (χ4v) is 13.7. The largest absolute Gasteiger partial charge is 0.394 e. The van der Waals surface area contributed by atoms with Crippen molar-refractivity contribution in [1.82, 2.24) is 83.8 Å². The second kappa shape index (κ2) is 40.2. The van der Waals surface area contributed by atoms with Crippen molar-refractivity contribution in [2.24, 2.45) is 11.7 Å². The minimum atomic E-state index is -1.91. The molecule has 37 heteroatoms. The van der Waals surface area contributed by atoms with Gasteiger partial charge in [-0.15, -0.1) is 0 Å². The number of aliphatic hydroxyl groups is 3. The van der Waals surface area contributed by atoms with Gasteiger partial charge in [0, 0.05) is 52.2 Å². The molecule has 3 saturated heterocycles. The number of amides is 17. The quantitative estimate of drug-likeness (QED) is 0.0324. The van der Waals surface area contributed by atoms with Gasteiger partial charge in [-0.2, -0.15) is 0 Å². The van der Waals surface area contributed by atoms with Gasteiger partial charge < -0.3 is 105 Å². The monoisotopic (exact) mass is 1660 g/mol. The molecule has 2 aromatic rings. The van der Waals surface area contributed by atoms with Gasteiger partial charge in [0.05, 0.1) is 31.4 Å². The fourth-order valence-electron chi connectivity index (χ4n) is 13.7. The summed E-state index contributed by atoms with van der Waals surface area (Å²) >= 11 is 0. The minimum absolute atomic E-state index is 0.00717. The summed E-state index contributed by atoms with van der Waals surface area (Å²) in [6.07, 6.45) is -3.07. The van der Waals surface area contributed by atoms with Crippen molar-refractivity contribution in [3.05, 3.63) is 71.8 Å². The van der Waals surface area contributed by atoms with Crippen LogP contribution in [0.2, 0.25) is 0 Å². The first-order valence-corrected chi connectivity index (χ1v) is 39.7. The van der Waals surface area contributed by atoms with Gasteiger partial charge in [0.15, 0.2) is 0 Å². The number of rotatable bonds is 39. The summed E-state index contributed by atoms with van der Waals surface area (Å²) in [6, 6.07) is 9.57. The van der Waals surface area contributed by atoms with Crippen molar-refractivity contribution in [2.75, 3.05) is 32.8 Å². The summed E-state index contributed by atoms with van der Waals surface area (Å²) < 4.78 is 0. The van der Waals surface area contributed by atoms with Gasteiger partial charge in [0.1, 0.15) is 80.6 Å². The molecule has 0 saturated carbocycles. The number of nitrogens with zero attached hydrogens (tertiary/aromatic N) is 3. The summed E-state index contributed by atoms with van der Waals surface area (Å²) in [4.78, 5) is 239. The second-order valence-corrected chi connectivity index (χ2v) is 35.2. The molecule has 3 aliphatic rings. The zero-order chi connectivity index (χ0) is 89.3. The molecule has 37 nitrogen and oxygen atoms in total. The molecule has 2 aromatic carbocycles. The van der Waals surface area contributed by atoms with Crippen LogP contribution in [0.25, 0.3) is 0 Å². The molecule has 0 spiro atoms. The lowest BCUT2D eigenvalue weighted by Gasteiger charge is -2.38. The van der Waals surface area contributed by atoms with Gasteiger partial charge in [-0.05, 0) is 159 Å². The molecular formula is C81H125N17O20. The first-order chi connectivity index (χ1) is 54.4. The smallest absolute Gasteiger partial charge is 0.248 e. The van der Waals surface area contributed by atoms with E-state index in [0.717, 1.165) is 20.9 Å². The van der Waals surface area contributed by atoms with Gasteiger partial charge in [-0.1, -0.05) is 81.4 Å². The Morgan fingerprint density at radius 1 is 0.466 bits per heavy atom. The Balaban J connectivity index is 1.17. The molecule has 10 atom stereocenters. The van der Waals surface area contributed by atoms with Gasteiger partial charge >= 0.3 is 0 Å². The maximum absolute atomic E-state index is 14.8. The first-order valence-electron chi connectivity index (χ1n) is 39.7. The summed E-state index contributed by atoms with van der Waals surface area (Å²) in [5, 5.41) is 66.0. The highest BCUT2D eigenvalue weighted by molar-refractivity contribution is 6.04. The summed E-state index contributed by atoms with van der Waals surface area (Å²) in [7, 11) is 0. The zero-order valence-electron chi connectivity index (χ0n) is 71.4. The van der Waals surface area contributed by atoms with Crippen molar-refractivity contribution < 1.29 is 96.8 Å². The number of hydrogen-bond acceptors (Lipinski definition) is 20. The highest BCUT2D eigenvalue weighted by atomic mass is 16.3. The van der Waals surface area contributed by atoms with Crippen LogP contribution in [0.3, 0.4) is 0 Å². The van der Waals surface area contributed by atoms with Crippen molar-refractivity contribution in [3.63, 3.8) is 0 Å². The molecule has 3 heterocycles. The highest BCUT2D eigenvalue weighted by Gasteiger charge is 2.52. The Kier molecular flexibility index (Phi) is 33.3. The van der Waals surface area contributed by atoms with Crippen LogP contribution in [0.4, 0.5) is 0 Å². The Labute approximate surface area is 689 Å². The van der Waals surface area contributed by atoms with Crippen LogP contribution in [0.15, 0.2) is 60.7 Å². The SMILES string of the molecule is CC[C@](C)(NC(=O)[C@H](CCC(N)=O)NC(=O)[C@@H]1CC(O)CN1C(=O)C(C)(C)NC(=O)C(C)(C)NC(=O)[C@H](CC(C)C)NC(=O)CNC(=O)C(C)(C)NC(=O)C(C)(C)NC(=O)C(C)(C)NC(=O)C(C)(C)NC(=O)[C@H](Cc1ccccc1)NC(C)=O)C(=O)N1CC(O)C[C@H]1C(=O)NC(C)(C)C(=O)N1CCC[C@H]1C(=O)NC(CO)Cc1ccccc1. The molecule has 3 fully saturated rings. The number of benzene rings is 2. The molecule has 3 unspecified atom stereocenters. The maximum Gasteiger partial charge on any atom is 0.248 e. The van der Waals surface area contributed by atoms with Gasteiger partial charge in [-0.25, -0.2) is 0 Å². The van der Waals surface area contributed by atoms with E-state index in [2.05, 4.69) is 69.1 Å². The Morgan fingerprint density at radius 3 is 1.35 bits per heavy atom. The third-order valence-electron chi connectivity index (χ3n) is 20.9. The predicted octanol–water partition coefficient (Wildman–Crippen LogP) is -2.69. The molecule has 17 amide bonds. The average Bonchev–Trinajstić information content (AvgIpc) is 1.59. The van der Waals surface area contributed by atoms with Crippen molar-refractivity contribution in [1.29, 1.82) is 0 Å². The van der Waals surface area contributed by atoms with E-state index < -0.39 is 225 Å². The minimum Gasteiger partial charge on any atom is -0.394 e. The number of carbonyl (C=O) groups is 17. The van der Waals surface area contributed by atoms with Crippen LogP contribution in [-0.2, 0) is 94.3 Å². The molecule has 0 radical (unpaired) electrons. The van der Waals surface area contributed by atoms with E-state index in [0.29, 0.717) is 19.3 Å². The first kappa shape index (κ1) is 97.9. The Morgan fingerprint density at radius 2 is 0.881 bits per heavy atom. The topological polar surface area (TPSA) is 543 Å². The van der Waals surface area contributed by atoms with E-state index in [1.165, 1.54) is 116 Å². The normalized spacial score (nSPS) is 18.8. The molecule has 18 N–H and O–H groups in total. The number of nitrogens with one attached hydrogen (secondary N) is 13. The molecule has 654 valence electrons. The number of nitrogens with two attached hydrogens (primary N) is 1. The molecule has 0 aromatic heterocycles. The average molecular weight is 1660 g/mol. The molecule has 0 aliphatic carbocycles. The van der Waals surface area contributed by atoms with Crippen LogP contribution in [0, 0.1) is 5.92 Å². The van der Waals surface area contributed by atoms with Crippen LogP contribution >= 0.6 is 0 Å². The Bertz CT molecular complexity index is 4060. The number of likely N-dealkylation sites (tertiary alicyclic amines) is 3. The fraction of sp³-hybridized carbons (Fsp3) is 0.642. The molecule has 5 rings (SSSR count). The maximum atomic E-state index is 14.8. The van der Waals surface area contributed by atoms with E-state index in [9.17, 15) is 96.8 Å². The lowest BCUT2D eigenvalue weighted by molar-refractivity contribution is -0.149. The third-order valence-corrected chi connectivity index (χ3v) is 20.9. The van der Waals surface area contributed by atoms with E-state index in [4.69, 9.17) is 5.73 Å². The molecule has 3 aliphatic heterocycles. The number of aliphatic hydroxyl groups excluding tert-OH is 3. The number of carbonyl (C=O) groups excluding carboxylic acids is 17. The van der Waals surface area contributed by atoms with E-state index in [1.54, 1.807) is 51.1 Å². The van der Waals surface area contributed by atoms with Crippen LogP contribution in [0.5, 0.6) is 0 Å². The zero-order valence-corrected chi connectivity index (χ0v) is 71.4. The summed E-state index contributed by atoms with van der Waals surface area (Å²) in [5.41, 5.74) is -7.03. The summed E-state index contributed by atoms with van der Waals surface area (Å²) in [5.74, 6) is -14.0. The van der Waals surface area contributed by atoms with Crippen molar-refractivity contribution in [3.8, 4) is 0 Å². The lowest BCUT2D eigenvalue weighted by atomic mass is 9.94. The van der Waals surface area contributed by atoms with Crippen LogP contribution in [-0.4, -0.2) is 262 Å². The van der Waals surface area contributed by atoms with E-state index in [1.807, 2.05) is 30.3 Å². The van der Waals surface area contributed by atoms with Crippen LogP contribution < -0.4 is 74.9 Å². The highest BCUT2D eigenvalue weighted by Crippen LogP contribution is 2.29. The van der Waals surface area contributed by atoms with Gasteiger partial charge in [0.25, 0.3) is 0 Å². The predicted molar refractivity (Wildman–Crippen MR) is 431 cm³/mol. The summed E-state index contributed by atoms with van der Waals surface area (Å²) in [6.45, 7) is 24.8. The number of β-amino-alcohol motifs (C(OH)–C–C–N with tert-alkyl or cyclic N) is 2. The number of hydrogen-bond donors (Lipinski definition) is 17. The van der Waals surface area contributed by atoms with E-state index >= 15 is 0 Å². The lowest BCUT2D eigenvalue weighted by Crippen LogP contribution is -2.68. The standard InChI is InChI=1S/C81H125N17O20/c1-20-81(19,73(118)98-43-51(102)40-57(98)65(110)90-79(15,16)71(116)96-35-27-32-55(96)63(108)85-49(44-99)37-47-28-23-21-24-29-47)91-60(105)52(33-34-58(82)103)87-64(109)56-39-50(101)42-97(56)72(117)80(17,18)95-68(113)76(9,10)88-61(106)53(36-45(2)3)86-59(104)41-83-66(111)74(5,6)92-69(114)77(11,12)94-70(115)78(13,14)93-67(112)75(7,8)89-62(107)54(84-46(4)100)38-48-30-25-22-26-31-48/h21-26,28-31,45,49-57,99,101-102H,20,27,32-44H2,1-19H3,(H2,82,103)(H,83,111)(H,84,100)(H,85,108)(H,86,104)(H,87,109)(H,88,106)(H,89,107)(H,90,110)(H,91,105)(H,92,114)(H,93,112)(H,94,115)(H,95,113)/t49?,50?,51?,52-,53-,54-,55-,56-,57-,81-/m0/s1. The van der Waals surface area contributed by atoms with Crippen molar-refractivity contribution in [2.45, 2.75) is 295 Å².